The Morgan fingerprint density at radius 1 is 1.30 bits per heavy atom. The van der Waals surface area contributed by atoms with Gasteiger partial charge in [-0.3, -0.25) is 9.59 Å². The minimum Gasteiger partial charge on any atom is -0.389 e. The summed E-state index contributed by atoms with van der Waals surface area (Å²) in [5.41, 5.74) is 2.03. The van der Waals surface area contributed by atoms with Crippen LogP contribution in [-0.4, -0.2) is 82.9 Å². The molecule has 0 aliphatic carbocycles. The molecule has 2 amide bonds. The number of rotatable bonds is 8. The second-order valence-corrected chi connectivity index (χ2v) is 7.49. The van der Waals surface area contributed by atoms with Crippen LogP contribution in [0.5, 0.6) is 0 Å². The number of hydrogen-bond donors (Lipinski definition) is 1. The van der Waals surface area contributed by atoms with Gasteiger partial charge in [0.1, 0.15) is 0 Å². The second-order valence-electron chi connectivity index (χ2n) is 7.49. The molecule has 2 aromatic rings. The lowest BCUT2D eigenvalue weighted by Gasteiger charge is -2.21. The highest BCUT2D eigenvalue weighted by Crippen LogP contribution is 2.17. The van der Waals surface area contributed by atoms with Crippen molar-refractivity contribution in [2.24, 2.45) is 0 Å². The monoisotopic (exact) mass is 416 g/mol. The topological polar surface area (TPSA) is 109 Å². The standard InChI is InChI=1S/C21H28N4O5/c1-15-6-8-16(9-7-15)21-22-18(30-23-21)4-3-5-19(27)25-13-17(26)12-24(10-11-29-2)20(28)14-25/h6-9,17,26H,3-5,10-14H2,1-2H3. The molecule has 30 heavy (non-hydrogen) atoms. The van der Waals surface area contributed by atoms with Gasteiger partial charge in [-0.15, -0.1) is 0 Å². The number of nitrogens with zero attached hydrogens (tertiary/aromatic N) is 4. The quantitative estimate of drug-likeness (QED) is 0.685. The van der Waals surface area contributed by atoms with Crippen LogP contribution in [0.1, 0.15) is 24.3 Å². The Morgan fingerprint density at radius 2 is 2.07 bits per heavy atom. The zero-order valence-electron chi connectivity index (χ0n) is 17.4. The highest BCUT2D eigenvalue weighted by atomic mass is 16.5. The molecule has 1 atom stereocenters. The molecule has 0 saturated carbocycles. The van der Waals surface area contributed by atoms with E-state index in [0.29, 0.717) is 37.7 Å². The summed E-state index contributed by atoms with van der Waals surface area (Å²) in [6.07, 6.45) is 0.447. The molecule has 0 radical (unpaired) electrons. The second kappa shape index (κ2) is 10.3. The molecule has 1 N–H and O–H groups in total. The van der Waals surface area contributed by atoms with E-state index in [2.05, 4.69) is 10.1 Å². The summed E-state index contributed by atoms with van der Waals surface area (Å²) in [7, 11) is 1.56. The molecular weight excluding hydrogens is 388 g/mol. The first kappa shape index (κ1) is 21.9. The number of aryl methyl sites for hydroxylation is 2. The van der Waals surface area contributed by atoms with Gasteiger partial charge in [0.15, 0.2) is 0 Å². The predicted molar refractivity (Wildman–Crippen MR) is 108 cm³/mol. The molecule has 9 heteroatoms. The number of aromatic nitrogens is 2. The Morgan fingerprint density at radius 3 is 2.80 bits per heavy atom. The Bertz CT molecular complexity index is 851. The Balaban J connectivity index is 1.49. The summed E-state index contributed by atoms with van der Waals surface area (Å²) in [5, 5.41) is 14.2. The number of aliphatic hydroxyl groups excluding tert-OH is 1. The number of aliphatic hydroxyl groups is 1. The lowest BCUT2D eigenvalue weighted by atomic mass is 10.1. The first-order valence-corrected chi connectivity index (χ1v) is 10.1. The van der Waals surface area contributed by atoms with Gasteiger partial charge < -0.3 is 24.2 Å². The largest absolute Gasteiger partial charge is 0.389 e. The average Bonchev–Trinajstić information content (AvgIpc) is 3.14. The van der Waals surface area contributed by atoms with Crippen molar-refractivity contribution >= 4 is 11.8 Å². The van der Waals surface area contributed by atoms with Gasteiger partial charge in [0, 0.05) is 45.1 Å². The van der Waals surface area contributed by atoms with Crippen molar-refractivity contribution in [3.05, 3.63) is 35.7 Å². The van der Waals surface area contributed by atoms with Crippen LogP contribution in [0.2, 0.25) is 0 Å². The molecule has 1 aromatic carbocycles. The van der Waals surface area contributed by atoms with Gasteiger partial charge in [-0.25, -0.2) is 0 Å². The SMILES string of the molecule is COCCN1CC(O)CN(C(=O)CCCc2nc(-c3ccc(C)cc3)no2)CC1=O. The van der Waals surface area contributed by atoms with E-state index < -0.39 is 6.10 Å². The highest BCUT2D eigenvalue weighted by molar-refractivity contribution is 5.85. The molecule has 2 heterocycles. The maximum atomic E-state index is 12.6. The summed E-state index contributed by atoms with van der Waals surface area (Å²) in [4.78, 5) is 32.3. The third kappa shape index (κ3) is 5.87. The predicted octanol–water partition coefficient (Wildman–Crippen LogP) is 1.05. The van der Waals surface area contributed by atoms with Crippen LogP contribution in [0.25, 0.3) is 11.4 Å². The fraction of sp³-hybridized carbons (Fsp3) is 0.524. The van der Waals surface area contributed by atoms with Crippen molar-refractivity contribution < 1.29 is 24.0 Å². The summed E-state index contributed by atoms with van der Waals surface area (Å²) in [6.45, 7) is 3.12. The third-order valence-corrected chi connectivity index (χ3v) is 5.02. The first-order valence-electron chi connectivity index (χ1n) is 10.1. The molecule has 1 unspecified atom stereocenters. The third-order valence-electron chi connectivity index (χ3n) is 5.02. The van der Waals surface area contributed by atoms with Gasteiger partial charge >= 0.3 is 0 Å². The van der Waals surface area contributed by atoms with E-state index in [1.54, 1.807) is 7.11 Å². The van der Waals surface area contributed by atoms with E-state index in [1.165, 1.54) is 9.80 Å². The smallest absolute Gasteiger partial charge is 0.242 e. The van der Waals surface area contributed by atoms with Crippen molar-refractivity contribution in [3.63, 3.8) is 0 Å². The van der Waals surface area contributed by atoms with E-state index in [1.807, 2.05) is 31.2 Å². The van der Waals surface area contributed by atoms with Crippen LogP contribution < -0.4 is 0 Å². The van der Waals surface area contributed by atoms with E-state index in [9.17, 15) is 14.7 Å². The Hall–Kier alpha value is -2.78. The Labute approximate surface area is 175 Å². The lowest BCUT2D eigenvalue weighted by molar-refractivity contribution is -0.139. The van der Waals surface area contributed by atoms with E-state index in [-0.39, 0.29) is 37.9 Å². The zero-order valence-corrected chi connectivity index (χ0v) is 17.4. The fourth-order valence-electron chi connectivity index (χ4n) is 3.33. The number of amides is 2. The van der Waals surface area contributed by atoms with Crippen LogP contribution in [0.15, 0.2) is 28.8 Å². The number of carbonyl (C=O) groups excluding carboxylic acids is 2. The van der Waals surface area contributed by atoms with Crippen LogP contribution >= 0.6 is 0 Å². The minimum atomic E-state index is -0.773. The molecule has 162 valence electrons. The van der Waals surface area contributed by atoms with Crippen molar-refractivity contribution in [3.8, 4) is 11.4 Å². The van der Waals surface area contributed by atoms with Crippen molar-refractivity contribution in [2.45, 2.75) is 32.3 Å². The molecule has 0 bridgehead atoms. The molecule has 9 nitrogen and oxygen atoms in total. The van der Waals surface area contributed by atoms with Crippen molar-refractivity contribution in [1.29, 1.82) is 0 Å². The number of carbonyl (C=O) groups is 2. The lowest BCUT2D eigenvalue weighted by Crippen LogP contribution is -2.40. The minimum absolute atomic E-state index is 0.0300. The van der Waals surface area contributed by atoms with Gasteiger partial charge in [-0.2, -0.15) is 4.98 Å². The van der Waals surface area contributed by atoms with E-state index >= 15 is 0 Å². The first-order chi connectivity index (χ1) is 14.5. The Kier molecular flexibility index (Phi) is 7.53. The summed E-state index contributed by atoms with van der Waals surface area (Å²) >= 11 is 0. The van der Waals surface area contributed by atoms with E-state index in [0.717, 1.165) is 11.1 Å². The van der Waals surface area contributed by atoms with Crippen molar-refractivity contribution in [1.82, 2.24) is 19.9 Å². The number of hydrogen-bond acceptors (Lipinski definition) is 7. The van der Waals surface area contributed by atoms with Crippen LogP contribution in [0.4, 0.5) is 0 Å². The maximum Gasteiger partial charge on any atom is 0.242 e. The van der Waals surface area contributed by atoms with Crippen LogP contribution in [0, 0.1) is 6.92 Å². The number of ether oxygens (including phenoxy) is 1. The number of β-amino-alcohol motifs (C(OH)–C–C–N with tert-alkyl or cyclic N) is 1. The van der Waals surface area contributed by atoms with Gasteiger partial charge in [0.05, 0.1) is 19.3 Å². The number of methoxy groups -OCH3 is 1. The zero-order chi connectivity index (χ0) is 21.5. The summed E-state index contributed by atoms with van der Waals surface area (Å²) < 4.78 is 10.3. The van der Waals surface area contributed by atoms with Crippen LogP contribution in [-0.2, 0) is 20.7 Å². The van der Waals surface area contributed by atoms with E-state index in [4.69, 9.17) is 9.26 Å². The summed E-state index contributed by atoms with van der Waals surface area (Å²) in [5.74, 6) is 0.635. The molecule has 1 fully saturated rings. The maximum absolute atomic E-state index is 12.6. The van der Waals surface area contributed by atoms with Gasteiger partial charge in [-0.1, -0.05) is 35.0 Å². The number of benzene rings is 1. The molecule has 1 aromatic heterocycles. The highest BCUT2D eigenvalue weighted by Gasteiger charge is 2.28. The van der Waals surface area contributed by atoms with Gasteiger partial charge in [0.2, 0.25) is 23.5 Å². The molecule has 1 aliphatic heterocycles. The normalized spacial score (nSPS) is 17.3. The fourth-order valence-corrected chi connectivity index (χ4v) is 3.33. The molecule has 1 saturated heterocycles. The van der Waals surface area contributed by atoms with Gasteiger partial charge in [0.25, 0.3) is 0 Å². The van der Waals surface area contributed by atoms with Crippen LogP contribution in [0.3, 0.4) is 0 Å². The molecule has 3 rings (SSSR count). The molecular formula is C21H28N4O5. The molecule has 1 aliphatic rings. The average molecular weight is 416 g/mol. The summed E-state index contributed by atoms with van der Waals surface area (Å²) in [6, 6.07) is 7.84. The van der Waals surface area contributed by atoms with Gasteiger partial charge in [-0.05, 0) is 13.3 Å². The van der Waals surface area contributed by atoms with Crippen molar-refractivity contribution in [2.75, 3.05) is 39.9 Å². The molecule has 0 spiro atoms.